The average Bonchev–Trinajstić information content (AvgIpc) is 3.44. The van der Waals surface area contributed by atoms with E-state index in [0.29, 0.717) is 18.1 Å². The normalized spacial score (nSPS) is 18.0. The van der Waals surface area contributed by atoms with Crippen LogP contribution in [0.15, 0.2) is 109 Å². The molecule has 0 saturated carbocycles. The van der Waals surface area contributed by atoms with Crippen LogP contribution < -0.4 is 0 Å². The second-order valence-electron chi connectivity index (χ2n) is 7.70. The van der Waals surface area contributed by atoms with E-state index in [4.69, 9.17) is 0 Å². The van der Waals surface area contributed by atoms with Gasteiger partial charge in [0.25, 0.3) is 0 Å². The summed E-state index contributed by atoms with van der Waals surface area (Å²) in [7, 11) is 0. The van der Waals surface area contributed by atoms with E-state index in [9.17, 15) is 4.79 Å². The molecule has 2 unspecified atom stereocenters. The van der Waals surface area contributed by atoms with Gasteiger partial charge in [-0.1, -0.05) is 109 Å². The molecular weight excluding hydrogens is 340 g/mol. The molecule has 4 rings (SSSR count). The minimum atomic E-state index is -0.0344. The molecule has 0 spiro atoms. The quantitative estimate of drug-likeness (QED) is 0.581. The van der Waals surface area contributed by atoms with E-state index in [-0.39, 0.29) is 17.8 Å². The van der Waals surface area contributed by atoms with Gasteiger partial charge < -0.3 is 0 Å². The molecule has 0 aliphatic heterocycles. The van der Waals surface area contributed by atoms with Gasteiger partial charge in [0, 0.05) is 18.3 Å². The Kier molecular flexibility index (Phi) is 5.82. The third-order valence-corrected chi connectivity index (χ3v) is 5.83. The first kappa shape index (κ1) is 18.4. The summed E-state index contributed by atoms with van der Waals surface area (Å²) in [6, 6.07) is 20.7. The van der Waals surface area contributed by atoms with Crippen molar-refractivity contribution < 1.29 is 4.79 Å². The first-order valence-electron chi connectivity index (χ1n) is 10.1. The molecular formula is C27H26O. The molecule has 2 aliphatic rings. The molecule has 0 fully saturated rings. The van der Waals surface area contributed by atoms with Crippen LogP contribution in [0.25, 0.3) is 0 Å². The van der Waals surface area contributed by atoms with Crippen molar-refractivity contribution in [3.63, 3.8) is 0 Å². The Morgan fingerprint density at radius 3 is 1.75 bits per heavy atom. The van der Waals surface area contributed by atoms with Crippen LogP contribution in [0.5, 0.6) is 0 Å². The van der Waals surface area contributed by atoms with Crippen LogP contribution in [0.2, 0.25) is 0 Å². The van der Waals surface area contributed by atoms with Crippen molar-refractivity contribution in [1.82, 2.24) is 0 Å². The average molecular weight is 367 g/mol. The first-order valence-corrected chi connectivity index (χ1v) is 10.1. The Bertz CT molecular complexity index is 878. The molecule has 0 saturated heterocycles. The van der Waals surface area contributed by atoms with Gasteiger partial charge in [0.05, 0.1) is 0 Å². The van der Waals surface area contributed by atoms with Gasteiger partial charge in [-0.05, 0) is 29.4 Å². The highest BCUT2D eigenvalue weighted by Gasteiger charge is 2.37. The smallest absolute Gasteiger partial charge is 0.141 e. The minimum Gasteiger partial charge on any atom is -0.299 e. The van der Waals surface area contributed by atoms with Gasteiger partial charge in [-0.15, -0.1) is 0 Å². The highest BCUT2D eigenvalue weighted by Crippen LogP contribution is 2.37. The summed E-state index contributed by atoms with van der Waals surface area (Å²) < 4.78 is 0. The predicted molar refractivity (Wildman–Crippen MR) is 116 cm³/mol. The minimum absolute atomic E-state index is 0.0344. The Labute approximate surface area is 167 Å². The maximum Gasteiger partial charge on any atom is 0.141 e. The lowest BCUT2D eigenvalue weighted by Gasteiger charge is -2.32. The van der Waals surface area contributed by atoms with Crippen LogP contribution in [-0.2, 0) is 17.6 Å². The lowest BCUT2D eigenvalue weighted by atomic mass is 9.70. The molecule has 2 aromatic rings. The standard InChI is InChI=1S/C27H26O/c28-26(20-22-13-5-2-6-14-22)27(24-17-9-10-18-24)25(23-15-7-8-16-23)19-21-11-3-1-4-12-21/h1-18,23-25,27H,19-20H2. The van der Waals surface area contributed by atoms with Crippen molar-refractivity contribution in [1.29, 1.82) is 0 Å². The van der Waals surface area contributed by atoms with Gasteiger partial charge in [-0.25, -0.2) is 0 Å². The molecule has 0 N–H and O–H groups in total. The second-order valence-corrected chi connectivity index (χ2v) is 7.70. The summed E-state index contributed by atoms with van der Waals surface area (Å²) in [6.45, 7) is 0. The number of carbonyl (C=O) groups excluding carboxylic acids is 1. The van der Waals surface area contributed by atoms with Gasteiger partial charge >= 0.3 is 0 Å². The maximum absolute atomic E-state index is 13.6. The summed E-state index contributed by atoms with van der Waals surface area (Å²) in [5.74, 6) is 1.01. The van der Waals surface area contributed by atoms with E-state index >= 15 is 0 Å². The molecule has 28 heavy (non-hydrogen) atoms. The van der Waals surface area contributed by atoms with E-state index < -0.39 is 0 Å². The summed E-state index contributed by atoms with van der Waals surface area (Å²) in [5, 5.41) is 0. The molecule has 140 valence electrons. The maximum atomic E-state index is 13.6. The van der Waals surface area contributed by atoms with Gasteiger partial charge in [0.1, 0.15) is 5.78 Å². The summed E-state index contributed by atoms with van der Waals surface area (Å²) in [6.07, 6.45) is 18.7. The molecule has 0 aromatic heterocycles. The zero-order chi connectivity index (χ0) is 19.2. The fraction of sp³-hybridized carbons (Fsp3) is 0.222. The Morgan fingerprint density at radius 1 is 0.679 bits per heavy atom. The lowest BCUT2D eigenvalue weighted by Crippen LogP contribution is -2.35. The van der Waals surface area contributed by atoms with Crippen LogP contribution in [0.3, 0.4) is 0 Å². The molecule has 0 bridgehead atoms. The molecule has 2 atom stereocenters. The second kappa shape index (κ2) is 8.84. The third-order valence-electron chi connectivity index (χ3n) is 5.83. The van der Waals surface area contributed by atoms with E-state index in [1.54, 1.807) is 0 Å². The van der Waals surface area contributed by atoms with Gasteiger partial charge in [-0.2, -0.15) is 0 Å². The van der Waals surface area contributed by atoms with Crippen molar-refractivity contribution in [3.05, 3.63) is 120 Å². The van der Waals surface area contributed by atoms with Crippen molar-refractivity contribution in [2.45, 2.75) is 12.8 Å². The number of hydrogen-bond acceptors (Lipinski definition) is 1. The summed E-state index contributed by atoms with van der Waals surface area (Å²) in [4.78, 5) is 13.6. The van der Waals surface area contributed by atoms with Crippen molar-refractivity contribution >= 4 is 5.78 Å². The van der Waals surface area contributed by atoms with Crippen LogP contribution >= 0.6 is 0 Å². The zero-order valence-corrected chi connectivity index (χ0v) is 16.0. The van der Waals surface area contributed by atoms with Crippen molar-refractivity contribution in [3.8, 4) is 0 Å². The van der Waals surface area contributed by atoms with Crippen LogP contribution in [0.4, 0.5) is 0 Å². The number of carbonyl (C=O) groups is 1. The van der Waals surface area contributed by atoms with E-state index in [2.05, 4.69) is 85.0 Å². The topological polar surface area (TPSA) is 17.1 Å². The Balaban J connectivity index is 1.65. The van der Waals surface area contributed by atoms with Crippen molar-refractivity contribution in [2.75, 3.05) is 0 Å². The van der Waals surface area contributed by atoms with Crippen LogP contribution in [-0.4, -0.2) is 5.78 Å². The largest absolute Gasteiger partial charge is 0.299 e. The highest BCUT2D eigenvalue weighted by atomic mass is 16.1. The van der Waals surface area contributed by atoms with E-state index in [1.165, 1.54) is 5.56 Å². The van der Waals surface area contributed by atoms with Crippen LogP contribution in [0, 0.1) is 23.7 Å². The predicted octanol–water partition coefficient (Wildman–Crippen LogP) is 5.76. The monoisotopic (exact) mass is 366 g/mol. The van der Waals surface area contributed by atoms with Gasteiger partial charge in [0.15, 0.2) is 0 Å². The number of allylic oxidation sites excluding steroid dienone is 8. The van der Waals surface area contributed by atoms with Gasteiger partial charge in [-0.3, -0.25) is 4.79 Å². The number of benzene rings is 2. The van der Waals surface area contributed by atoms with Crippen LogP contribution in [0.1, 0.15) is 11.1 Å². The Morgan fingerprint density at radius 2 is 1.18 bits per heavy atom. The summed E-state index contributed by atoms with van der Waals surface area (Å²) >= 11 is 0. The molecule has 0 amide bonds. The highest BCUT2D eigenvalue weighted by molar-refractivity contribution is 5.84. The molecule has 0 heterocycles. The van der Waals surface area contributed by atoms with E-state index in [0.717, 1.165) is 12.0 Å². The summed E-state index contributed by atoms with van der Waals surface area (Å²) in [5.41, 5.74) is 2.39. The number of ketones is 1. The SMILES string of the molecule is O=C(Cc1ccccc1)C(C1C=CC=C1)C(Cc1ccccc1)C1C=CC=C1. The zero-order valence-electron chi connectivity index (χ0n) is 16.0. The molecule has 1 heteroatoms. The Hall–Kier alpha value is -2.93. The number of hydrogen-bond donors (Lipinski definition) is 0. The fourth-order valence-corrected chi connectivity index (χ4v) is 4.47. The number of rotatable bonds is 8. The number of Topliss-reactive ketones (excluding diaryl/α,β-unsaturated/α-hetero) is 1. The van der Waals surface area contributed by atoms with Gasteiger partial charge in [0.2, 0.25) is 0 Å². The lowest BCUT2D eigenvalue weighted by molar-refractivity contribution is -0.125. The molecule has 2 aliphatic carbocycles. The fourth-order valence-electron chi connectivity index (χ4n) is 4.47. The molecule has 1 nitrogen and oxygen atoms in total. The van der Waals surface area contributed by atoms with Crippen molar-refractivity contribution in [2.24, 2.45) is 23.7 Å². The molecule has 2 aromatic carbocycles. The van der Waals surface area contributed by atoms with E-state index in [1.807, 2.05) is 24.3 Å². The first-order chi connectivity index (χ1) is 13.8. The third kappa shape index (κ3) is 4.31. The molecule has 0 radical (unpaired) electrons.